The summed E-state index contributed by atoms with van der Waals surface area (Å²) in [4.78, 5) is 0. The summed E-state index contributed by atoms with van der Waals surface area (Å²) in [6.45, 7) is 5.75. The van der Waals surface area contributed by atoms with Gasteiger partial charge in [0.1, 0.15) is 0 Å². The van der Waals surface area contributed by atoms with Gasteiger partial charge in [-0.05, 0) is 57.0 Å². The van der Waals surface area contributed by atoms with E-state index in [1.807, 2.05) is 0 Å². The summed E-state index contributed by atoms with van der Waals surface area (Å²) in [7, 11) is 0. The van der Waals surface area contributed by atoms with Crippen LogP contribution in [0.25, 0.3) is 0 Å². The van der Waals surface area contributed by atoms with E-state index in [2.05, 4.69) is 12.2 Å². The first-order valence-corrected chi connectivity index (χ1v) is 7.72. The lowest BCUT2D eigenvalue weighted by Crippen LogP contribution is -2.30. The Balaban J connectivity index is 1.62. The monoisotopic (exact) mass is 239 g/mol. The van der Waals surface area contributed by atoms with Crippen molar-refractivity contribution in [2.45, 2.75) is 64.4 Å². The van der Waals surface area contributed by atoms with Gasteiger partial charge in [0.05, 0.1) is 6.10 Å². The molecule has 1 N–H and O–H groups in total. The Morgan fingerprint density at radius 3 is 2.59 bits per heavy atom. The van der Waals surface area contributed by atoms with E-state index < -0.39 is 0 Å². The van der Waals surface area contributed by atoms with Crippen LogP contribution in [0.3, 0.4) is 0 Å². The molecule has 0 radical (unpaired) electrons. The SMILES string of the molecule is CCC1CCCCC1OCCC1CCNCC1. The average molecular weight is 239 g/mol. The maximum absolute atomic E-state index is 6.17. The molecule has 0 bridgehead atoms. The Bertz CT molecular complexity index is 201. The number of hydrogen-bond acceptors (Lipinski definition) is 2. The molecule has 2 unspecified atom stereocenters. The van der Waals surface area contributed by atoms with Crippen molar-refractivity contribution in [2.75, 3.05) is 19.7 Å². The molecule has 1 saturated heterocycles. The van der Waals surface area contributed by atoms with E-state index in [9.17, 15) is 0 Å². The summed E-state index contributed by atoms with van der Waals surface area (Å²) in [6.07, 6.45) is 11.4. The van der Waals surface area contributed by atoms with Crippen molar-refractivity contribution in [2.24, 2.45) is 11.8 Å². The van der Waals surface area contributed by atoms with Gasteiger partial charge in [-0.2, -0.15) is 0 Å². The Morgan fingerprint density at radius 1 is 1.06 bits per heavy atom. The van der Waals surface area contributed by atoms with Crippen LogP contribution in [0.15, 0.2) is 0 Å². The molecule has 1 heterocycles. The lowest BCUT2D eigenvalue weighted by atomic mass is 9.84. The van der Waals surface area contributed by atoms with Crippen LogP contribution in [-0.4, -0.2) is 25.8 Å². The van der Waals surface area contributed by atoms with Crippen molar-refractivity contribution in [1.29, 1.82) is 0 Å². The molecule has 2 fully saturated rings. The van der Waals surface area contributed by atoms with Gasteiger partial charge in [-0.3, -0.25) is 0 Å². The third kappa shape index (κ3) is 4.26. The molecule has 17 heavy (non-hydrogen) atoms. The fraction of sp³-hybridized carbons (Fsp3) is 1.00. The summed E-state index contributed by atoms with van der Waals surface area (Å²) in [6, 6.07) is 0. The molecular weight excluding hydrogens is 210 g/mol. The number of rotatable bonds is 5. The number of nitrogens with one attached hydrogen (secondary N) is 1. The molecular formula is C15H29NO. The van der Waals surface area contributed by atoms with E-state index >= 15 is 0 Å². The summed E-state index contributed by atoms with van der Waals surface area (Å²) >= 11 is 0. The Morgan fingerprint density at radius 2 is 1.82 bits per heavy atom. The van der Waals surface area contributed by atoms with Crippen molar-refractivity contribution < 1.29 is 4.74 Å². The van der Waals surface area contributed by atoms with Crippen molar-refractivity contribution in [3.05, 3.63) is 0 Å². The predicted octanol–water partition coefficient (Wildman–Crippen LogP) is 3.36. The molecule has 2 rings (SSSR count). The van der Waals surface area contributed by atoms with E-state index in [-0.39, 0.29) is 0 Å². The molecule has 0 amide bonds. The molecule has 1 aliphatic heterocycles. The highest BCUT2D eigenvalue weighted by Gasteiger charge is 2.24. The first-order chi connectivity index (χ1) is 8.40. The normalized spacial score (nSPS) is 31.6. The van der Waals surface area contributed by atoms with Crippen molar-refractivity contribution in [1.82, 2.24) is 5.32 Å². The Hall–Kier alpha value is -0.0800. The second-order valence-corrected chi connectivity index (χ2v) is 5.84. The van der Waals surface area contributed by atoms with Crippen LogP contribution in [0.5, 0.6) is 0 Å². The highest BCUT2D eigenvalue weighted by atomic mass is 16.5. The molecule has 2 heteroatoms. The van der Waals surface area contributed by atoms with Crippen molar-refractivity contribution >= 4 is 0 Å². The summed E-state index contributed by atoms with van der Waals surface area (Å²) in [5.41, 5.74) is 0. The Kier molecular flexibility index (Phi) is 5.79. The smallest absolute Gasteiger partial charge is 0.0603 e. The van der Waals surface area contributed by atoms with Crippen molar-refractivity contribution in [3.63, 3.8) is 0 Å². The second-order valence-electron chi connectivity index (χ2n) is 5.84. The topological polar surface area (TPSA) is 21.3 Å². The van der Waals surface area contributed by atoms with Gasteiger partial charge in [0, 0.05) is 6.61 Å². The average Bonchev–Trinajstić information content (AvgIpc) is 2.40. The van der Waals surface area contributed by atoms with E-state index in [0.29, 0.717) is 6.10 Å². The van der Waals surface area contributed by atoms with Gasteiger partial charge in [-0.15, -0.1) is 0 Å². The molecule has 2 atom stereocenters. The standard InChI is InChI=1S/C15H29NO/c1-2-14-5-3-4-6-15(14)17-12-9-13-7-10-16-11-8-13/h13-16H,2-12H2,1H3. The van der Waals surface area contributed by atoms with Crippen LogP contribution in [0, 0.1) is 11.8 Å². The number of piperidine rings is 1. The summed E-state index contributed by atoms with van der Waals surface area (Å²) in [5, 5.41) is 3.43. The fourth-order valence-corrected chi connectivity index (χ4v) is 3.42. The van der Waals surface area contributed by atoms with Gasteiger partial charge in [0.2, 0.25) is 0 Å². The zero-order valence-corrected chi connectivity index (χ0v) is 11.4. The Labute approximate surface area is 107 Å². The second kappa shape index (κ2) is 7.38. The first-order valence-electron chi connectivity index (χ1n) is 7.72. The fourth-order valence-electron chi connectivity index (χ4n) is 3.42. The maximum Gasteiger partial charge on any atom is 0.0603 e. The van der Waals surface area contributed by atoms with Crippen LogP contribution in [-0.2, 0) is 4.74 Å². The van der Waals surface area contributed by atoms with Gasteiger partial charge < -0.3 is 10.1 Å². The van der Waals surface area contributed by atoms with Gasteiger partial charge in [0.25, 0.3) is 0 Å². The molecule has 100 valence electrons. The van der Waals surface area contributed by atoms with Gasteiger partial charge >= 0.3 is 0 Å². The minimum absolute atomic E-state index is 0.579. The third-order valence-electron chi connectivity index (χ3n) is 4.68. The van der Waals surface area contributed by atoms with Crippen LogP contribution in [0.4, 0.5) is 0 Å². The van der Waals surface area contributed by atoms with E-state index in [4.69, 9.17) is 4.74 Å². The van der Waals surface area contributed by atoms with Crippen LogP contribution in [0.2, 0.25) is 0 Å². The van der Waals surface area contributed by atoms with E-state index in [1.165, 1.54) is 64.5 Å². The molecule has 1 saturated carbocycles. The lowest BCUT2D eigenvalue weighted by Gasteiger charge is -2.31. The maximum atomic E-state index is 6.17. The molecule has 0 aromatic carbocycles. The van der Waals surface area contributed by atoms with Gasteiger partial charge in [-0.25, -0.2) is 0 Å². The molecule has 0 aromatic heterocycles. The number of hydrogen-bond donors (Lipinski definition) is 1. The highest BCUT2D eigenvalue weighted by Crippen LogP contribution is 2.29. The molecule has 2 nitrogen and oxygen atoms in total. The first kappa shape index (κ1) is 13.4. The van der Waals surface area contributed by atoms with E-state index in [1.54, 1.807) is 0 Å². The van der Waals surface area contributed by atoms with Crippen molar-refractivity contribution in [3.8, 4) is 0 Å². The quantitative estimate of drug-likeness (QED) is 0.794. The zero-order valence-electron chi connectivity index (χ0n) is 11.4. The minimum Gasteiger partial charge on any atom is -0.378 e. The molecule has 2 aliphatic rings. The lowest BCUT2D eigenvalue weighted by molar-refractivity contribution is -0.0182. The highest BCUT2D eigenvalue weighted by molar-refractivity contribution is 4.75. The van der Waals surface area contributed by atoms with Gasteiger partial charge in [-0.1, -0.05) is 26.2 Å². The third-order valence-corrected chi connectivity index (χ3v) is 4.68. The largest absolute Gasteiger partial charge is 0.378 e. The number of ether oxygens (including phenoxy) is 1. The minimum atomic E-state index is 0.579. The summed E-state index contributed by atoms with van der Waals surface area (Å²) < 4.78 is 6.17. The van der Waals surface area contributed by atoms with E-state index in [0.717, 1.165) is 18.4 Å². The van der Waals surface area contributed by atoms with Gasteiger partial charge in [0.15, 0.2) is 0 Å². The van der Waals surface area contributed by atoms with Crippen LogP contribution >= 0.6 is 0 Å². The van der Waals surface area contributed by atoms with Crippen LogP contribution in [0.1, 0.15) is 58.3 Å². The molecule has 1 aliphatic carbocycles. The predicted molar refractivity (Wildman–Crippen MR) is 72.2 cm³/mol. The summed E-state index contributed by atoms with van der Waals surface area (Å²) in [5.74, 6) is 1.76. The zero-order chi connectivity index (χ0) is 11.9. The molecule has 0 aromatic rings. The molecule has 0 spiro atoms. The van der Waals surface area contributed by atoms with Crippen LogP contribution < -0.4 is 5.32 Å².